The van der Waals surface area contributed by atoms with Crippen LogP contribution in [0.2, 0.25) is 0 Å². The van der Waals surface area contributed by atoms with E-state index < -0.39 is 18.0 Å². The Kier molecular flexibility index (Phi) is 6.55. The molecule has 2 saturated carbocycles. The second-order valence-electron chi connectivity index (χ2n) is 8.49. The maximum Gasteiger partial charge on any atom is 0.499 e. The predicted molar refractivity (Wildman–Crippen MR) is 98.5 cm³/mol. The number of alkyl halides is 5. The van der Waals surface area contributed by atoms with Crippen molar-refractivity contribution >= 4 is 0 Å². The average Bonchev–Trinajstić information content (AvgIpc) is 2.68. The van der Waals surface area contributed by atoms with Gasteiger partial charge in [-0.1, -0.05) is 38.3 Å². The van der Waals surface area contributed by atoms with E-state index in [1.54, 1.807) is 12.1 Å². The number of benzene rings is 1. The molecule has 0 spiro atoms. The molecule has 0 heterocycles. The van der Waals surface area contributed by atoms with Crippen molar-refractivity contribution in [2.45, 2.75) is 82.9 Å². The zero-order valence-corrected chi connectivity index (χ0v) is 16.3. The van der Waals surface area contributed by atoms with Gasteiger partial charge in [-0.2, -0.15) is 22.0 Å². The van der Waals surface area contributed by atoms with E-state index in [-0.39, 0.29) is 0 Å². The van der Waals surface area contributed by atoms with Crippen LogP contribution in [0.3, 0.4) is 0 Å². The van der Waals surface area contributed by atoms with Gasteiger partial charge in [0.1, 0.15) is 5.75 Å². The Morgan fingerprint density at radius 2 is 1.29 bits per heavy atom. The van der Waals surface area contributed by atoms with Crippen LogP contribution in [0.25, 0.3) is 0 Å². The Labute approximate surface area is 163 Å². The Bertz CT molecular complexity index is 609. The molecule has 1 nitrogen and oxygen atoms in total. The van der Waals surface area contributed by atoms with E-state index in [0.29, 0.717) is 5.92 Å². The minimum Gasteiger partial charge on any atom is -0.426 e. The summed E-state index contributed by atoms with van der Waals surface area (Å²) in [6.45, 7) is 2.27. The third-order valence-corrected chi connectivity index (χ3v) is 6.83. The molecule has 2 aliphatic rings. The fourth-order valence-electron chi connectivity index (χ4n) is 5.01. The summed E-state index contributed by atoms with van der Waals surface area (Å²) in [4.78, 5) is 0. The van der Waals surface area contributed by atoms with Gasteiger partial charge in [0.2, 0.25) is 0 Å². The van der Waals surface area contributed by atoms with Gasteiger partial charge < -0.3 is 4.74 Å². The summed E-state index contributed by atoms with van der Waals surface area (Å²) >= 11 is 0. The second kappa shape index (κ2) is 8.58. The fraction of sp³-hybridized carbons (Fsp3) is 0.727. The lowest BCUT2D eigenvalue weighted by Crippen LogP contribution is -2.41. The van der Waals surface area contributed by atoms with Gasteiger partial charge >= 0.3 is 12.3 Å². The van der Waals surface area contributed by atoms with Crippen LogP contribution in [0.5, 0.6) is 5.75 Å². The van der Waals surface area contributed by atoms with Crippen LogP contribution in [0.1, 0.15) is 76.2 Å². The fourth-order valence-corrected chi connectivity index (χ4v) is 5.01. The van der Waals surface area contributed by atoms with Crippen LogP contribution in [0, 0.1) is 17.8 Å². The molecule has 0 N–H and O–H groups in total. The van der Waals surface area contributed by atoms with Crippen LogP contribution in [0.15, 0.2) is 24.3 Å². The summed E-state index contributed by atoms with van der Waals surface area (Å²) in [6, 6.07) is 5.68. The maximum atomic E-state index is 13.0. The molecule has 158 valence electrons. The highest BCUT2D eigenvalue weighted by molar-refractivity contribution is 5.30. The second-order valence-corrected chi connectivity index (χ2v) is 8.49. The molecule has 6 heteroatoms. The highest BCUT2D eigenvalue weighted by Gasteiger charge is 2.61. The zero-order chi connectivity index (χ0) is 20.4. The topological polar surface area (TPSA) is 9.23 Å². The van der Waals surface area contributed by atoms with E-state index >= 15 is 0 Å². The summed E-state index contributed by atoms with van der Waals surface area (Å²) < 4.78 is 66.6. The van der Waals surface area contributed by atoms with Gasteiger partial charge in [0.25, 0.3) is 0 Å². The molecular formula is C22H29F5O. The van der Waals surface area contributed by atoms with Crippen molar-refractivity contribution in [2.24, 2.45) is 17.8 Å². The van der Waals surface area contributed by atoms with Crippen LogP contribution in [-0.4, -0.2) is 12.3 Å². The molecule has 0 aliphatic heterocycles. The van der Waals surface area contributed by atoms with E-state index in [9.17, 15) is 22.0 Å². The average molecular weight is 404 g/mol. The summed E-state index contributed by atoms with van der Waals surface area (Å²) in [6.07, 6.45) is 0.232. The lowest BCUT2D eigenvalue weighted by atomic mass is 9.68. The monoisotopic (exact) mass is 404 g/mol. The number of hydrogen-bond donors (Lipinski definition) is 0. The normalized spacial score (nSPS) is 29.5. The summed E-state index contributed by atoms with van der Waals surface area (Å²) in [5.41, 5.74) is 0.996. The molecule has 0 saturated heterocycles. The van der Waals surface area contributed by atoms with Crippen molar-refractivity contribution in [1.29, 1.82) is 0 Å². The zero-order valence-electron chi connectivity index (χ0n) is 16.3. The van der Waals surface area contributed by atoms with Gasteiger partial charge in [-0.25, -0.2) is 0 Å². The van der Waals surface area contributed by atoms with Crippen LogP contribution < -0.4 is 4.74 Å². The molecule has 0 bridgehead atoms. The Balaban J connectivity index is 1.51. The predicted octanol–water partition coefficient (Wildman–Crippen LogP) is 7.71. The highest BCUT2D eigenvalue weighted by Crippen LogP contribution is 2.44. The lowest BCUT2D eigenvalue weighted by Gasteiger charge is -2.38. The van der Waals surface area contributed by atoms with Crippen LogP contribution >= 0.6 is 0 Å². The summed E-state index contributed by atoms with van der Waals surface area (Å²) in [5.74, 6) is 2.40. The Morgan fingerprint density at radius 1 is 0.786 bits per heavy atom. The molecule has 1 aromatic carbocycles. The molecule has 2 fully saturated rings. The van der Waals surface area contributed by atoms with E-state index in [2.05, 4.69) is 11.7 Å². The van der Waals surface area contributed by atoms with Gasteiger partial charge in [0.05, 0.1) is 0 Å². The van der Waals surface area contributed by atoms with Gasteiger partial charge in [-0.05, 0) is 79.9 Å². The standard InChI is InChI=1S/C22H29F5O/c1-2-15-3-5-16(6-4-15)17-7-9-18(10-8-17)19-11-13-20(14-12-19)28-22(26,27)21(23,24)25/h11-18H,2-10H2,1H3/t15-,16-,17-,18-. The molecule has 0 aromatic heterocycles. The molecule has 1 aromatic rings. The van der Waals surface area contributed by atoms with Gasteiger partial charge in [-0.15, -0.1) is 0 Å². The van der Waals surface area contributed by atoms with E-state index in [0.717, 1.165) is 36.2 Å². The third kappa shape index (κ3) is 4.98. The highest BCUT2D eigenvalue weighted by atomic mass is 19.4. The Hall–Kier alpha value is -1.33. The largest absolute Gasteiger partial charge is 0.499 e. The molecule has 0 radical (unpaired) electrons. The van der Waals surface area contributed by atoms with Crippen molar-refractivity contribution in [1.82, 2.24) is 0 Å². The molecule has 0 amide bonds. The van der Waals surface area contributed by atoms with Gasteiger partial charge in [0.15, 0.2) is 0 Å². The smallest absolute Gasteiger partial charge is 0.426 e. The molecule has 0 unspecified atom stereocenters. The number of halogens is 5. The van der Waals surface area contributed by atoms with E-state index in [1.807, 2.05) is 0 Å². The lowest BCUT2D eigenvalue weighted by molar-refractivity contribution is -0.360. The maximum absolute atomic E-state index is 13.0. The molecule has 2 aliphatic carbocycles. The van der Waals surface area contributed by atoms with Crippen molar-refractivity contribution in [2.75, 3.05) is 0 Å². The van der Waals surface area contributed by atoms with Crippen molar-refractivity contribution < 1.29 is 26.7 Å². The van der Waals surface area contributed by atoms with E-state index in [4.69, 9.17) is 0 Å². The van der Waals surface area contributed by atoms with Crippen LogP contribution in [-0.2, 0) is 0 Å². The van der Waals surface area contributed by atoms with Crippen molar-refractivity contribution in [3.8, 4) is 5.75 Å². The first kappa shape index (κ1) is 21.4. The van der Waals surface area contributed by atoms with Crippen LogP contribution in [0.4, 0.5) is 22.0 Å². The van der Waals surface area contributed by atoms with Gasteiger partial charge in [-0.3, -0.25) is 0 Å². The molecule has 3 rings (SSSR count). The summed E-state index contributed by atoms with van der Waals surface area (Å²) in [7, 11) is 0. The minimum atomic E-state index is -5.72. The molecule has 28 heavy (non-hydrogen) atoms. The number of rotatable bonds is 5. The molecular weight excluding hydrogens is 375 g/mol. The first-order valence-electron chi connectivity index (χ1n) is 10.4. The van der Waals surface area contributed by atoms with Crippen molar-refractivity contribution in [3.63, 3.8) is 0 Å². The quantitative estimate of drug-likeness (QED) is 0.457. The Morgan fingerprint density at radius 3 is 1.75 bits per heavy atom. The van der Waals surface area contributed by atoms with Gasteiger partial charge in [0, 0.05) is 0 Å². The van der Waals surface area contributed by atoms with E-state index in [1.165, 1.54) is 57.1 Å². The first-order chi connectivity index (χ1) is 13.2. The SMILES string of the molecule is CC[C@H]1CC[C@H]([C@H]2CC[C@H](c3ccc(OC(F)(F)C(F)(F)F)cc3)CC2)CC1. The van der Waals surface area contributed by atoms with Crippen molar-refractivity contribution in [3.05, 3.63) is 29.8 Å². The minimum absolute atomic E-state index is 0.348. The summed E-state index contributed by atoms with van der Waals surface area (Å²) in [5, 5.41) is 0. The molecule has 0 atom stereocenters. The number of hydrogen-bond acceptors (Lipinski definition) is 1. The first-order valence-corrected chi connectivity index (χ1v) is 10.4. The number of ether oxygens (including phenoxy) is 1. The third-order valence-electron chi connectivity index (χ3n) is 6.83.